The first kappa shape index (κ1) is 21.9. The van der Waals surface area contributed by atoms with Crippen LogP contribution in [0.4, 0.5) is 4.39 Å². The van der Waals surface area contributed by atoms with Gasteiger partial charge in [0, 0.05) is 25.2 Å². The average molecular weight is 494 g/mol. The summed E-state index contributed by atoms with van der Waals surface area (Å²) in [5, 5.41) is 7.68. The number of hydrogen-bond donors (Lipinski definition) is 2. The fourth-order valence-electron chi connectivity index (χ4n) is 2.74. The molecule has 0 aliphatic carbocycles. The van der Waals surface area contributed by atoms with E-state index in [2.05, 4.69) is 26.7 Å². The van der Waals surface area contributed by atoms with Gasteiger partial charge in [0.15, 0.2) is 5.96 Å². The van der Waals surface area contributed by atoms with Crippen molar-refractivity contribution in [2.45, 2.75) is 19.6 Å². The Balaban J connectivity index is 0.00000280. The highest BCUT2D eigenvalue weighted by Gasteiger charge is 2.07. The molecule has 2 N–H and O–H groups in total. The van der Waals surface area contributed by atoms with Crippen molar-refractivity contribution >= 4 is 40.8 Å². The van der Waals surface area contributed by atoms with Crippen molar-refractivity contribution in [3.05, 3.63) is 72.2 Å². The van der Waals surface area contributed by atoms with E-state index in [0.717, 1.165) is 16.5 Å². The van der Waals surface area contributed by atoms with Gasteiger partial charge >= 0.3 is 0 Å². The SMILES string of the molecule is CN=C(NCc1ccnc2ccccc12)NCC(C)Oc1ccc(F)cc1.I. The van der Waals surface area contributed by atoms with Gasteiger partial charge in [-0.25, -0.2) is 4.39 Å². The molecule has 0 aliphatic heterocycles. The van der Waals surface area contributed by atoms with E-state index in [4.69, 9.17) is 4.74 Å². The summed E-state index contributed by atoms with van der Waals surface area (Å²) in [4.78, 5) is 8.63. The Bertz CT molecular complexity index is 912. The van der Waals surface area contributed by atoms with Crippen LogP contribution in [0.2, 0.25) is 0 Å². The molecular formula is C21H24FIN4O. The number of aliphatic imine (C=N–C) groups is 1. The number of ether oxygens (including phenoxy) is 1. The van der Waals surface area contributed by atoms with Crippen LogP contribution in [-0.4, -0.2) is 30.6 Å². The van der Waals surface area contributed by atoms with E-state index in [1.165, 1.54) is 12.1 Å². The normalized spacial score (nSPS) is 12.2. The fourth-order valence-corrected chi connectivity index (χ4v) is 2.74. The van der Waals surface area contributed by atoms with Gasteiger partial charge in [-0.05, 0) is 48.9 Å². The van der Waals surface area contributed by atoms with Crippen molar-refractivity contribution in [2.24, 2.45) is 4.99 Å². The van der Waals surface area contributed by atoms with E-state index in [-0.39, 0.29) is 35.9 Å². The number of aromatic nitrogens is 1. The van der Waals surface area contributed by atoms with E-state index in [0.29, 0.717) is 24.8 Å². The average Bonchev–Trinajstić information content (AvgIpc) is 2.70. The molecule has 0 radical (unpaired) electrons. The minimum Gasteiger partial charge on any atom is -0.489 e. The zero-order valence-corrected chi connectivity index (χ0v) is 18.2. The van der Waals surface area contributed by atoms with Crippen LogP contribution in [0.15, 0.2) is 65.8 Å². The lowest BCUT2D eigenvalue weighted by atomic mass is 10.1. The summed E-state index contributed by atoms with van der Waals surface area (Å²) in [5.74, 6) is 1.05. The Morgan fingerprint density at radius 1 is 1.11 bits per heavy atom. The molecule has 0 spiro atoms. The molecule has 3 aromatic rings. The molecule has 5 nitrogen and oxygen atoms in total. The highest BCUT2D eigenvalue weighted by atomic mass is 127. The van der Waals surface area contributed by atoms with Crippen LogP contribution in [0.5, 0.6) is 5.75 Å². The van der Waals surface area contributed by atoms with Crippen LogP contribution < -0.4 is 15.4 Å². The number of nitrogens with zero attached hydrogens (tertiary/aromatic N) is 2. The first-order valence-corrected chi connectivity index (χ1v) is 8.85. The van der Waals surface area contributed by atoms with Crippen molar-refractivity contribution in [1.82, 2.24) is 15.6 Å². The Labute approximate surface area is 181 Å². The summed E-state index contributed by atoms with van der Waals surface area (Å²) in [5.41, 5.74) is 2.13. The van der Waals surface area contributed by atoms with E-state index in [9.17, 15) is 4.39 Å². The van der Waals surface area contributed by atoms with Gasteiger partial charge in [-0.2, -0.15) is 0 Å². The van der Waals surface area contributed by atoms with Crippen LogP contribution >= 0.6 is 24.0 Å². The maximum atomic E-state index is 13.0. The summed E-state index contributed by atoms with van der Waals surface area (Å²) in [6, 6.07) is 16.1. The number of benzene rings is 2. The van der Waals surface area contributed by atoms with Crippen molar-refractivity contribution in [3.63, 3.8) is 0 Å². The molecule has 3 rings (SSSR count). The second kappa shape index (κ2) is 10.8. The zero-order chi connectivity index (χ0) is 19.1. The number of pyridine rings is 1. The summed E-state index contributed by atoms with van der Waals surface area (Å²) < 4.78 is 18.7. The standard InChI is InChI=1S/C21H23FN4O.HI/c1-15(27-18-9-7-17(22)8-10-18)13-25-21(23-2)26-14-16-11-12-24-20-6-4-3-5-19(16)20;/h3-12,15H,13-14H2,1-2H3,(H2,23,25,26);1H. The lowest BCUT2D eigenvalue weighted by molar-refractivity contribution is 0.223. The van der Waals surface area contributed by atoms with E-state index >= 15 is 0 Å². The van der Waals surface area contributed by atoms with Gasteiger partial charge in [-0.15, -0.1) is 24.0 Å². The largest absolute Gasteiger partial charge is 0.489 e. The van der Waals surface area contributed by atoms with Crippen LogP contribution in [0.1, 0.15) is 12.5 Å². The van der Waals surface area contributed by atoms with E-state index in [1.54, 1.807) is 19.2 Å². The maximum Gasteiger partial charge on any atom is 0.191 e. The molecule has 0 aliphatic rings. The van der Waals surface area contributed by atoms with Crippen LogP contribution in [0, 0.1) is 5.82 Å². The Morgan fingerprint density at radius 2 is 1.86 bits per heavy atom. The highest BCUT2D eigenvalue weighted by molar-refractivity contribution is 14.0. The number of guanidine groups is 1. The molecule has 0 fully saturated rings. The van der Waals surface area contributed by atoms with Gasteiger partial charge < -0.3 is 15.4 Å². The molecule has 1 aromatic heterocycles. The van der Waals surface area contributed by atoms with Gasteiger partial charge in [0.1, 0.15) is 17.7 Å². The number of para-hydroxylation sites is 1. The molecule has 148 valence electrons. The molecule has 2 aromatic carbocycles. The molecular weight excluding hydrogens is 470 g/mol. The van der Waals surface area contributed by atoms with Crippen LogP contribution in [-0.2, 0) is 6.54 Å². The molecule has 0 amide bonds. The summed E-state index contributed by atoms with van der Waals surface area (Å²) >= 11 is 0. The number of rotatable bonds is 6. The number of fused-ring (bicyclic) bond motifs is 1. The second-order valence-corrected chi connectivity index (χ2v) is 6.18. The summed E-state index contributed by atoms with van der Waals surface area (Å²) in [6.07, 6.45) is 1.71. The summed E-state index contributed by atoms with van der Waals surface area (Å²) in [7, 11) is 1.73. The second-order valence-electron chi connectivity index (χ2n) is 6.18. The molecule has 0 saturated carbocycles. The molecule has 1 unspecified atom stereocenters. The molecule has 1 atom stereocenters. The van der Waals surface area contributed by atoms with Crippen molar-refractivity contribution in [3.8, 4) is 5.75 Å². The Hall–Kier alpha value is -2.42. The Morgan fingerprint density at radius 3 is 2.61 bits per heavy atom. The Kier molecular flexibility index (Phi) is 8.43. The smallest absolute Gasteiger partial charge is 0.191 e. The number of hydrogen-bond acceptors (Lipinski definition) is 3. The first-order valence-electron chi connectivity index (χ1n) is 8.85. The third kappa shape index (κ3) is 6.05. The summed E-state index contributed by atoms with van der Waals surface area (Å²) in [6.45, 7) is 3.14. The van der Waals surface area contributed by atoms with E-state index in [1.807, 2.05) is 37.4 Å². The monoisotopic (exact) mass is 494 g/mol. The molecule has 28 heavy (non-hydrogen) atoms. The third-order valence-corrected chi connectivity index (χ3v) is 4.12. The quantitative estimate of drug-likeness (QED) is 0.308. The molecule has 7 heteroatoms. The van der Waals surface area contributed by atoms with E-state index < -0.39 is 0 Å². The minimum absolute atomic E-state index is 0. The predicted molar refractivity (Wildman–Crippen MR) is 122 cm³/mol. The molecule has 0 bridgehead atoms. The van der Waals surface area contributed by atoms with Gasteiger partial charge in [0.25, 0.3) is 0 Å². The van der Waals surface area contributed by atoms with Gasteiger partial charge in [0.2, 0.25) is 0 Å². The molecule has 1 heterocycles. The topological polar surface area (TPSA) is 58.5 Å². The number of halogens is 2. The fraction of sp³-hybridized carbons (Fsp3) is 0.238. The predicted octanol–water partition coefficient (Wildman–Crippen LogP) is 4.12. The van der Waals surface area contributed by atoms with Gasteiger partial charge in [-0.1, -0.05) is 18.2 Å². The minimum atomic E-state index is -0.277. The lowest BCUT2D eigenvalue weighted by Crippen LogP contribution is -2.41. The number of nitrogens with one attached hydrogen (secondary N) is 2. The van der Waals surface area contributed by atoms with Crippen LogP contribution in [0.3, 0.4) is 0 Å². The maximum absolute atomic E-state index is 13.0. The first-order chi connectivity index (χ1) is 13.2. The van der Waals surface area contributed by atoms with Gasteiger partial charge in [0.05, 0.1) is 12.1 Å². The highest BCUT2D eigenvalue weighted by Crippen LogP contribution is 2.16. The third-order valence-electron chi connectivity index (χ3n) is 4.12. The van der Waals surface area contributed by atoms with Crippen molar-refractivity contribution in [2.75, 3.05) is 13.6 Å². The van der Waals surface area contributed by atoms with Gasteiger partial charge in [-0.3, -0.25) is 9.98 Å². The van der Waals surface area contributed by atoms with Crippen molar-refractivity contribution in [1.29, 1.82) is 0 Å². The molecule has 0 saturated heterocycles. The lowest BCUT2D eigenvalue weighted by Gasteiger charge is -2.18. The van der Waals surface area contributed by atoms with Crippen LogP contribution in [0.25, 0.3) is 10.9 Å². The zero-order valence-electron chi connectivity index (χ0n) is 15.9. The van der Waals surface area contributed by atoms with Crippen molar-refractivity contribution < 1.29 is 9.13 Å².